The van der Waals surface area contributed by atoms with Crippen molar-refractivity contribution in [2.24, 2.45) is 5.16 Å². The minimum Gasteiger partial charge on any atom is -0.488 e. The summed E-state index contributed by atoms with van der Waals surface area (Å²) in [5.74, 6) is -0.395. The van der Waals surface area contributed by atoms with Crippen LogP contribution in [0.25, 0.3) is 0 Å². The number of rotatable bonds is 14. The van der Waals surface area contributed by atoms with Crippen LogP contribution in [0, 0.1) is 11.6 Å². The van der Waals surface area contributed by atoms with Crippen LogP contribution in [-0.2, 0) is 21.6 Å². The first-order valence-electron chi connectivity index (χ1n) is 19.0. The third kappa shape index (κ3) is 8.19. The Morgan fingerprint density at radius 2 is 1.62 bits per heavy atom. The number of benzene rings is 3. The highest BCUT2D eigenvalue weighted by atomic mass is 19.1. The van der Waals surface area contributed by atoms with Gasteiger partial charge in [-0.3, -0.25) is 0 Å². The fourth-order valence-electron chi connectivity index (χ4n) is 7.95. The highest BCUT2D eigenvalue weighted by Gasteiger charge is 2.49. The lowest BCUT2D eigenvalue weighted by Crippen LogP contribution is -2.51. The van der Waals surface area contributed by atoms with E-state index in [4.69, 9.17) is 14.2 Å². The molecule has 1 unspecified atom stereocenters. The summed E-state index contributed by atoms with van der Waals surface area (Å²) in [6.07, 6.45) is 5.70. The average Bonchev–Trinajstić information content (AvgIpc) is 3.93. The van der Waals surface area contributed by atoms with Gasteiger partial charge in [0.2, 0.25) is 5.96 Å². The van der Waals surface area contributed by atoms with Gasteiger partial charge in [-0.15, -0.1) is 0 Å². The van der Waals surface area contributed by atoms with E-state index in [2.05, 4.69) is 44.1 Å². The van der Waals surface area contributed by atoms with Crippen molar-refractivity contribution in [1.82, 2.24) is 19.7 Å². The fourth-order valence-corrected chi connectivity index (χ4v) is 7.95. The maximum Gasteiger partial charge on any atom is 0.245 e. The molecule has 3 fully saturated rings. The molecule has 13 nitrogen and oxygen atoms in total. The van der Waals surface area contributed by atoms with Gasteiger partial charge in [0.15, 0.2) is 12.0 Å². The number of unbranched alkanes of at least 4 members (excludes halogenated alkanes) is 2. The minimum atomic E-state index is -1.24. The molecule has 3 atom stereocenters. The number of hydrogen-bond acceptors (Lipinski definition) is 10. The molecule has 0 bridgehead atoms. The van der Waals surface area contributed by atoms with Gasteiger partial charge in [-0.05, 0) is 81.3 Å². The van der Waals surface area contributed by atoms with Gasteiger partial charge in [0.25, 0.3) is 0 Å². The van der Waals surface area contributed by atoms with E-state index in [0.29, 0.717) is 24.7 Å². The number of hydrogen-bond donors (Lipinski definition) is 2. The fraction of sp³-hybridized carbons (Fsp3) is 0.475. The highest BCUT2D eigenvalue weighted by molar-refractivity contribution is 5.99. The molecule has 4 heterocycles. The van der Waals surface area contributed by atoms with Gasteiger partial charge in [-0.1, -0.05) is 31.0 Å². The van der Waals surface area contributed by atoms with Crippen LogP contribution in [0.5, 0.6) is 5.75 Å². The van der Waals surface area contributed by atoms with E-state index in [9.17, 15) is 19.1 Å². The monoisotopic (exact) mass is 760 g/mol. The first kappa shape index (κ1) is 38.3. The number of ether oxygens (including phenoxy) is 3. The summed E-state index contributed by atoms with van der Waals surface area (Å²) in [5, 5.41) is 29.5. The number of nitrogens with zero attached hydrogens (tertiary/aromatic N) is 8. The Balaban J connectivity index is 0.921. The Morgan fingerprint density at radius 1 is 0.945 bits per heavy atom. The van der Waals surface area contributed by atoms with Gasteiger partial charge < -0.3 is 44.1 Å². The SMILES string of the molecule is CCCCCC1(O)CN(c2ccc(N3CCN(c4ccc(OC[C@H]5OC[C@](Cn6cncn6)(c6ccc(F)cc6F)O5)cc4)CC3)cc2)/C(=N/O)N1C(C)C. The topological polar surface area (TPSA) is 124 Å². The molecule has 0 radical (unpaired) electrons. The standard InChI is InChI=1S/C40H50F2N8O5/c1-4-5-6-17-40(51)25-49(38(45-52)50(40)29(2)3)33-10-8-31(9-11-33)46-18-20-47(21-19-46)32-12-14-34(15-13-32)53-23-37-54-26-39(55-37,24-48-28-43-27-44-48)35-16-7-30(41)22-36(35)42/h7-16,22,27-29,37,51-52H,4-6,17-21,23-26H2,1-3H3/b45-38-/t37-,39+,40?/m0/s1. The minimum absolute atomic E-state index is 0.0248. The molecule has 0 spiro atoms. The Hall–Kier alpha value is -4.99. The van der Waals surface area contributed by atoms with Crippen molar-refractivity contribution < 1.29 is 33.3 Å². The number of oxime groups is 1. The zero-order chi connectivity index (χ0) is 38.6. The van der Waals surface area contributed by atoms with Gasteiger partial charge in [-0.2, -0.15) is 5.10 Å². The summed E-state index contributed by atoms with van der Waals surface area (Å²) in [6, 6.07) is 19.5. The van der Waals surface area contributed by atoms with Gasteiger partial charge >= 0.3 is 0 Å². The first-order valence-corrected chi connectivity index (χ1v) is 19.0. The van der Waals surface area contributed by atoms with E-state index in [1.807, 2.05) is 60.0 Å². The number of aromatic nitrogens is 3. The third-order valence-corrected chi connectivity index (χ3v) is 10.7. The lowest BCUT2D eigenvalue weighted by molar-refractivity contribution is -0.117. The van der Waals surface area contributed by atoms with Gasteiger partial charge in [0.05, 0.1) is 19.7 Å². The number of halogens is 2. The molecule has 15 heteroatoms. The molecule has 4 aromatic rings. The third-order valence-electron chi connectivity index (χ3n) is 10.7. The van der Waals surface area contributed by atoms with Crippen LogP contribution in [0.2, 0.25) is 0 Å². The second-order valence-corrected chi connectivity index (χ2v) is 14.8. The summed E-state index contributed by atoms with van der Waals surface area (Å²) < 4.78 is 48.4. The normalized spacial score (nSPS) is 23.8. The molecule has 55 heavy (non-hydrogen) atoms. The number of β-amino-alcohol motifs (C(OH)–C–C–N with tert-alkyl or cyclic N) is 1. The lowest BCUT2D eigenvalue weighted by Gasteiger charge is -2.37. The van der Waals surface area contributed by atoms with Crippen molar-refractivity contribution in [1.29, 1.82) is 0 Å². The van der Waals surface area contributed by atoms with E-state index in [1.54, 1.807) is 0 Å². The molecule has 3 saturated heterocycles. The molecule has 0 amide bonds. The molecule has 3 aliphatic heterocycles. The summed E-state index contributed by atoms with van der Waals surface area (Å²) in [7, 11) is 0. The lowest BCUT2D eigenvalue weighted by atomic mass is 9.94. The molecule has 2 N–H and O–H groups in total. The van der Waals surface area contributed by atoms with Gasteiger partial charge in [0.1, 0.15) is 42.2 Å². The van der Waals surface area contributed by atoms with Crippen LogP contribution in [0.4, 0.5) is 25.8 Å². The Morgan fingerprint density at radius 3 is 2.22 bits per heavy atom. The van der Waals surface area contributed by atoms with Crippen LogP contribution in [0.3, 0.4) is 0 Å². The van der Waals surface area contributed by atoms with Crippen molar-refractivity contribution in [2.75, 3.05) is 60.6 Å². The second-order valence-electron chi connectivity index (χ2n) is 14.8. The smallest absolute Gasteiger partial charge is 0.245 e. The predicted molar refractivity (Wildman–Crippen MR) is 204 cm³/mol. The van der Waals surface area contributed by atoms with Crippen molar-refractivity contribution in [2.45, 2.75) is 76.7 Å². The molecule has 3 aliphatic rings. The quantitative estimate of drug-likeness (QED) is 0.0925. The zero-order valence-electron chi connectivity index (χ0n) is 31.6. The summed E-state index contributed by atoms with van der Waals surface area (Å²) in [6.45, 7) is 10.0. The van der Waals surface area contributed by atoms with Crippen molar-refractivity contribution in [3.8, 4) is 5.75 Å². The molecular formula is C40H50F2N8O5. The van der Waals surface area contributed by atoms with Crippen LogP contribution < -0.4 is 19.4 Å². The van der Waals surface area contributed by atoms with E-state index < -0.39 is 29.3 Å². The van der Waals surface area contributed by atoms with Crippen LogP contribution in [0.1, 0.15) is 52.0 Å². The van der Waals surface area contributed by atoms with Gasteiger partial charge in [0, 0.05) is 60.9 Å². The maximum absolute atomic E-state index is 15.0. The molecule has 0 aliphatic carbocycles. The van der Waals surface area contributed by atoms with E-state index in [1.165, 1.54) is 29.5 Å². The average molecular weight is 761 g/mol. The molecule has 1 aromatic heterocycles. The summed E-state index contributed by atoms with van der Waals surface area (Å²) >= 11 is 0. The first-order chi connectivity index (χ1) is 26.6. The number of anilines is 3. The van der Waals surface area contributed by atoms with Gasteiger partial charge in [-0.25, -0.2) is 18.4 Å². The predicted octanol–water partition coefficient (Wildman–Crippen LogP) is 5.77. The van der Waals surface area contributed by atoms with E-state index >= 15 is 0 Å². The van der Waals surface area contributed by atoms with Crippen LogP contribution in [-0.4, -0.2) is 99.9 Å². The molecule has 294 valence electrons. The number of guanidine groups is 1. The Labute approximate surface area is 320 Å². The molecule has 3 aromatic carbocycles. The van der Waals surface area contributed by atoms with E-state index in [0.717, 1.165) is 68.6 Å². The van der Waals surface area contributed by atoms with Crippen LogP contribution in [0.15, 0.2) is 84.5 Å². The zero-order valence-corrected chi connectivity index (χ0v) is 31.6. The highest BCUT2D eigenvalue weighted by Crippen LogP contribution is 2.38. The summed E-state index contributed by atoms with van der Waals surface area (Å²) in [4.78, 5) is 12.4. The molecule has 0 saturated carbocycles. The number of piperazine rings is 1. The summed E-state index contributed by atoms with van der Waals surface area (Å²) in [5.41, 5.74) is 0.886. The molecular weight excluding hydrogens is 710 g/mol. The van der Waals surface area contributed by atoms with Crippen molar-refractivity contribution in [3.63, 3.8) is 0 Å². The number of aliphatic hydroxyl groups is 1. The van der Waals surface area contributed by atoms with Crippen molar-refractivity contribution in [3.05, 3.63) is 96.6 Å². The Bertz CT molecular complexity index is 1890. The second kappa shape index (κ2) is 16.4. The van der Waals surface area contributed by atoms with Crippen LogP contribution >= 0.6 is 0 Å². The molecule has 7 rings (SSSR count). The van der Waals surface area contributed by atoms with E-state index in [-0.39, 0.29) is 31.4 Å². The Kier molecular flexibility index (Phi) is 11.4. The maximum atomic E-state index is 15.0. The largest absolute Gasteiger partial charge is 0.488 e. The van der Waals surface area contributed by atoms with Crippen molar-refractivity contribution >= 4 is 23.0 Å².